The molecule has 1 aliphatic heterocycles. The van der Waals surface area contributed by atoms with E-state index in [1.165, 1.54) is 6.92 Å². The number of rotatable bonds is 3. The second-order valence-electron chi connectivity index (χ2n) is 3.13. The first-order chi connectivity index (χ1) is 6.08. The molecule has 13 heavy (non-hydrogen) atoms. The van der Waals surface area contributed by atoms with Crippen molar-refractivity contribution in [1.82, 2.24) is 10.2 Å². The van der Waals surface area contributed by atoms with Crippen LogP contribution >= 0.6 is 0 Å². The number of imide groups is 1. The first-order valence-electron chi connectivity index (χ1n) is 4.12. The van der Waals surface area contributed by atoms with Crippen LogP contribution in [0.5, 0.6) is 0 Å². The van der Waals surface area contributed by atoms with E-state index in [4.69, 9.17) is 0 Å². The first kappa shape index (κ1) is 9.85. The number of nitrogens with one attached hydrogen (secondary N) is 1. The summed E-state index contributed by atoms with van der Waals surface area (Å²) in [6, 6.07) is 0. The molecule has 0 saturated carbocycles. The maximum absolute atomic E-state index is 10.9. The zero-order chi connectivity index (χ0) is 9.84. The van der Waals surface area contributed by atoms with Crippen LogP contribution in [-0.4, -0.2) is 42.1 Å². The number of hydrogen-bond acceptors (Lipinski definition) is 4. The highest BCUT2D eigenvalue weighted by atomic mass is 16.2. The molecule has 1 fully saturated rings. The van der Waals surface area contributed by atoms with Crippen molar-refractivity contribution >= 4 is 17.6 Å². The molecular weight excluding hydrogens is 172 g/mol. The topological polar surface area (TPSA) is 66.5 Å². The van der Waals surface area contributed by atoms with Crippen molar-refractivity contribution in [2.45, 2.75) is 13.3 Å². The number of Topliss-reactive ketones (excluding diaryl/α,β-unsaturated/α-hetero) is 1. The quantitative estimate of drug-likeness (QED) is 0.567. The lowest BCUT2D eigenvalue weighted by Gasteiger charge is -2.24. The molecule has 1 saturated heterocycles. The predicted octanol–water partition coefficient (Wildman–Crippen LogP) is -1.08. The lowest BCUT2D eigenvalue weighted by Crippen LogP contribution is -2.51. The van der Waals surface area contributed by atoms with Gasteiger partial charge in [0.05, 0.1) is 13.1 Å². The van der Waals surface area contributed by atoms with Gasteiger partial charge in [0.2, 0.25) is 11.8 Å². The molecule has 1 aliphatic rings. The van der Waals surface area contributed by atoms with Gasteiger partial charge in [0.1, 0.15) is 5.78 Å². The van der Waals surface area contributed by atoms with Crippen LogP contribution in [0.15, 0.2) is 0 Å². The molecule has 1 heterocycles. The zero-order valence-corrected chi connectivity index (χ0v) is 7.50. The molecule has 1 rings (SSSR count). The predicted molar refractivity (Wildman–Crippen MR) is 44.9 cm³/mol. The maximum atomic E-state index is 10.9. The van der Waals surface area contributed by atoms with Crippen LogP contribution in [0.25, 0.3) is 0 Å². The molecule has 0 unspecified atom stereocenters. The first-order valence-corrected chi connectivity index (χ1v) is 4.12. The Kier molecular flexibility index (Phi) is 3.13. The van der Waals surface area contributed by atoms with Gasteiger partial charge in [0.15, 0.2) is 0 Å². The highest BCUT2D eigenvalue weighted by Gasteiger charge is 2.21. The van der Waals surface area contributed by atoms with Crippen molar-refractivity contribution in [2.75, 3.05) is 19.6 Å². The van der Waals surface area contributed by atoms with Crippen molar-refractivity contribution < 1.29 is 14.4 Å². The molecule has 0 aromatic rings. The van der Waals surface area contributed by atoms with Gasteiger partial charge < -0.3 is 0 Å². The number of nitrogens with zero attached hydrogens (tertiary/aromatic N) is 1. The molecule has 1 N–H and O–H groups in total. The molecule has 0 aromatic carbocycles. The number of carbonyl (C=O) groups excluding carboxylic acids is 3. The second kappa shape index (κ2) is 4.13. The third-order valence-corrected chi connectivity index (χ3v) is 1.79. The minimum atomic E-state index is -0.292. The molecular formula is C8H12N2O3. The average Bonchev–Trinajstić information content (AvgIpc) is 1.99. The average molecular weight is 184 g/mol. The Morgan fingerprint density at radius 1 is 1.38 bits per heavy atom. The SMILES string of the molecule is CC(=O)CCN1CC(=O)NC(=O)C1. The standard InChI is InChI=1S/C8H12N2O3/c1-6(11)2-3-10-4-7(12)9-8(13)5-10/h2-5H2,1H3,(H,9,12,13). The molecule has 0 aliphatic carbocycles. The largest absolute Gasteiger partial charge is 0.300 e. The van der Waals surface area contributed by atoms with E-state index in [9.17, 15) is 14.4 Å². The lowest BCUT2D eigenvalue weighted by molar-refractivity contribution is -0.136. The van der Waals surface area contributed by atoms with Gasteiger partial charge >= 0.3 is 0 Å². The number of piperazine rings is 1. The molecule has 0 radical (unpaired) electrons. The Bertz CT molecular complexity index is 234. The Hall–Kier alpha value is -1.23. The van der Waals surface area contributed by atoms with Gasteiger partial charge in [-0.2, -0.15) is 0 Å². The molecule has 0 spiro atoms. The third-order valence-electron chi connectivity index (χ3n) is 1.79. The Morgan fingerprint density at radius 2 is 1.92 bits per heavy atom. The van der Waals surface area contributed by atoms with E-state index in [0.29, 0.717) is 13.0 Å². The van der Waals surface area contributed by atoms with Crippen LogP contribution in [0.4, 0.5) is 0 Å². The summed E-state index contributed by atoms with van der Waals surface area (Å²) >= 11 is 0. The molecule has 0 atom stereocenters. The summed E-state index contributed by atoms with van der Waals surface area (Å²) in [5.74, 6) is -0.516. The summed E-state index contributed by atoms with van der Waals surface area (Å²) in [6.45, 7) is 2.39. The molecule has 0 aromatic heterocycles. The number of amides is 2. The van der Waals surface area contributed by atoms with Crippen LogP contribution < -0.4 is 5.32 Å². The van der Waals surface area contributed by atoms with Crippen molar-refractivity contribution in [3.8, 4) is 0 Å². The Balaban J connectivity index is 2.37. The summed E-state index contributed by atoms with van der Waals surface area (Å²) in [7, 11) is 0. The van der Waals surface area contributed by atoms with Gasteiger partial charge in [-0.3, -0.25) is 24.6 Å². The zero-order valence-electron chi connectivity index (χ0n) is 7.50. The van der Waals surface area contributed by atoms with E-state index in [2.05, 4.69) is 5.32 Å². The fourth-order valence-corrected chi connectivity index (χ4v) is 1.17. The van der Waals surface area contributed by atoms with Gasteiger partial charge in [-0.15, -0.1) is 0 Å². The van der Waals surface area contributed by atoms with E-state index >= 15 is 0 Å². The smallest absolute Gasteiger partial charge is 0.240 e. The number of hydrogen-bond donors (Lipinski definition) is 1. The third kappa shape index (κ3) is 3.33. The van der Waals surface area contributed by atoms with Crippen LogP contribution in [0, 0.1) is 0 Å². The highest BCUT2D eigenvalue weighted by Crippen LogP contribution is 1.96. The van der Waals surface area contributed by atoms with Crippen molar-refractivity contribution in [2.24, 2.45) is 0 Å². The van der Waals surface area contributed by atoms with Crippen molar-refractivity contribution in [3.05, 3.63) is 0 Å². The van der Waals surface area contributed by atoms with E-state index in [1.807, 2.05) is 0 Å². The van der Waals surface area contributed by atoms with Crippen LogP contribution in [0.1, 0.15) is 13.3 Å². The van der Waals surface area contributed by atoms with E-state index in [-0.39, 0.29) is 30.7 Å². The highest BCUT2D eigenvalue weighted by molar-refractivity contribution is 5.99. The summed E-state index contributed by atoms with van der Waals surface area (Å²) < 4.78 is 0. The number of ketones is 1. The summed E-state index contributed by atoms with van der Waals surface area (Å²) in [6.07, 6.45) is 0.389. The van der Waals surface area contributed by atoms with Crippen LogP contribution in [0.2, 0.25) is 0 Å². The van der Waals surface area contributed by atoms with Crippen molar-refractivity contribution in [3.63, 3.8) is 0 Å². The maximum Gasteiger partial charge on any atom is 0.240 e. The second-order valence-corrected chi connectivity index (χ2v) is 3.13. The fourth-order valence-electron chi connectivity index (χ4n) is 1.17. The van der Waals surface area contributed by atoms with Crippen LogP contribution in [-0.2, 0) is 14.4 Å². The minimum absolute atomic E-state index is 0.0680. The summed E-state index contributed by atoms with van der Waals surface area (Å²) in [5.41, 5.74) is 0. The summed E-state index contributed by atoms with van der Waals surface area (Å²) in [5, 5.41) is 2.19. The fraction of sp³-hybridized carbons (Fsp3) is 0.625. The summed E-state index contributed by atoms with van der Waals surface area (Å²) in [4.78, 5) is 34.0. The van der Waals surface area contributed by atoms with Crippen molar-refractivity contribution in [1.29, 1.82) is 0 Å². The van der Waals surface area contributed by atoms with Gasteiger partial charge in [-0.25, -0.2) is 0 Å². The van der Waals surface area contributed by atoms with E-state index in [0.717, 1.165) is 0 Å². The molecule has 0 bridgehead atoms. The van der Waals surface area contributed by atoms with Gasteiger partial charge in [-0.1, -0.05) is 0 Å². The minimum Gasteiger partial charge on any atom is -0.300 e. The molecule has 5 nitrogen and oxygen atoms in total. The number of carbonyl (C=O) groups is 3. The molecule has 5 heteroatoms. The van der Waals surface area contributed by atoms with E-state index in [1.54, 1.807) is 4.90 Å². The Labute approximate surface area is 76.1 Å². The van der Waals surface area contributed by atoms with Gasteiger partial charge in [0.25, 0.3) is 0 Å². The lowest BCUT2D eigenvalue weighted by atomic mass is 10.2. The Morgan fingerprint density at radius 3 is 2.38 bits per heavy atom. The normalized spacial score (nSPS) is 18.5. The van der Waals surface area contributed by atoms with E-state index < -0.39 is 0 Å². The monoisotopic (exact) mass is 184 g/mol. The van der Waals surface area contributed by atoms with Gasteiger partial charge in [0, 0.05) is 13.0 Å². The molecule has 2 amide bonds. The van der Waals surface area contributed by atoms with Crippen LogP contribution in [0.3, 0.4) is 0 Å². The molecule has 72 valence electrons. The van der Waals surface area contributed by atoms with Gasteiger partial charge in [-0.05, 0) is 6.92 Å².